The molecule has 0 radical (unpaired) electrons. The second kappa shape index (κ2) is 4.29. The Morgan fingerprint density at radius 3 is 2.39 bits per heavy atom. The molecule has 1 aliphatic carbocycles. The lowest BCUT2D eigenvalue weighted by Gasteiger charge is -2.39. The summed E-state index contributed by atoms with van der Waals surface area (Å²) < 4.78 is 13.8. The highest BCUT2D eigenvalue weighted by molar-refractivity contribution is 5.90. The van der Waals surface area contributed by atoms with Crippen molar-refractivity contribution in [2.24, 2.45) is 0 Å². The fraction of sp³-hybridized carbons (Fsp3) is 0.333. The fourth-order valence-electron chi connectivity index (χ4n) is 1.97. The van der Waals surface area contributed by atoms with Crippen molar-refractivity contribution >= 4 is 17.6 Å². The molecule has 0 saturated heterocycles. The lowest BCUT2D eigenvalue weighted by atomic mass is 9.76. The van der Waals surface area contributed by atoms with Crippen LogP contribution in [0, 0.1) is 5.82 Å². The number of carbonyl (C=O) groups is 2. The molecule has 5 nitrogen and oxygen atoms in total. The normalized spacial score (nSPS) is 16.7. The molecule has 0 aliphatic heterocycles. The van der Waals surface area contributed by atoms with Gasteiger partial charge in [-0.1, -0.05) is 6.07 Å². The Morgan fingerprint density at radius 2 is 1.94 bits per heavy atom. The van der Waals surface area contributed by atoms with E-state index in [9.17, 15) is 14.0 Å². The van der Waals surface area contributed by atoms with E-state index in [1.165, 1.54) is 12.1 Å². The molecular formula is C12H12FNO4. The van der Waals surface area contributed by atoms with Crippen LogP contribution < -0.4 is 5.32 Å². The van der Waals surface area contributed by atoms with Gasteiger partial charge in [0.15, 0.2) is 5.82 Å². The van der Waals surface area contributed by atoms with Gasteiger partial charge in [-0.3, -0.25) is 0 Å². The van der Waals surface area contributed by atoms with Gasteiger partial charge in [0.2, 0.25) is 0 Å². The second-order valence-electron chi connectivity index (χ2n) is 4.34. The zero-order valence-corrected chi connectivity index (χ0v) is 9.44. The van der Waals surface area contributed by atoms with Crippen LogP contribution in [0.15, 0.2) is 18.2 Å². The lowest BCUT2D eigenvalue weighted by Crippen LogP contribution is -2.52. The maximum atomic E-state index is 13.8. The summed E-state index contributed by atoms with van der Waals surface area (Å²) in [6.07, 6.45) is 1.55. The molecule has 0 aromatic heterocycles. The number of rotatable bonds is 4. The first-order valence-electron chi connectivity index (χ1n) is 5.50. The number of aromatic carboxylic acids is 1. The number of anilines is 1. The summed E-state index contributed by atoms with van der Waals surface area (Å²) in [5, 5.41) is 20.5. The number of hydrogen-bond acceptors (Lipinski definition) is 3. The van der Waals surface area contributed by atoms with E-state index in [4.69, 9.17) is 10.2 Å². The number of benzene rings is 1. The van der Waals surface area contributed by atoms with Crippen LogP contribution >= 0.6 is 0 Å². The molecule has 0 heterocycles. The highest BCUT2D eigenvalue weighted by Gasteiger charge is 2.44. The van der Waals surface area contributed by atoms with Gasteiger partial charge in [0.05, 0.1) is 11.3 Å². The molecule has 18 heavy (non-hydrogen) atoms. The summed E-state index contributed by atoms with van der Waals surface area (Å²) >= 11 is 0. The molecule has 0 bridgehead atoms. The van der Waals surface area contributed by atoms with Crippen LogP contribution in [0.2, 0.25) is 0 Å². The van der Waals surface area contributed by atoms with Crippen molar-refractivity contribution in [3.63, 3.8) is 0 Å². The van der Waals surface area contributed by atoms with E-state index >= 15 is 0 Å². The van der Waals surface area contributed by atoms with Crippen LogP contribution in [0.25, 0.3) is 0 Å². The molecule has 1 saturated carbocycles. The van der Waals surface area contributed by atoms with E-state index in [0.717, 1.165) is 12.5 Å². The third kappa shape index (κ3) is 1.90. The van der Waals surface area contributed by atoms with Crippen molar-refractivity contribution in [2.45, 2.75) is 24.8 Å². The first-order chi connectivity index (χ1) is 8.46. The third-order valence-corrected chi connectivity index (χ3v) is 3.22. The van der Waals surface area contributed by atoms with Gasteiger partial charge in [-0.2, -0.15) is 0 Å². The summed E-state index contributed by atoms with van der Waals surface area (Å²) in [5.74, 6) is -3.36. The minimum absolute atomic E-state index is 0.0861. The molecule has 1 aromatic rings. The first-order valence-corrected chi connectivity index (χ1v) is 5.50. The van der Waals surface area contributed by atoms with E-state index in [2.05, 4.69) is 5.32 Å². The Bertz CT molecular complexity index is 511. The smallest absolute Gasteiger partial charge is 0.338 e. The van der Waals surface area contributed by atoms with Gasteiger partial charge in [0.25, 0.3) is 0 Å². The summed E-state index contributed by atoms with van der Waals surface area (Å²) in [5.41, 5.74) is -1.73. The molecule has 2 rings (SSSR count). The minimum Gasteiger partial charge on any atom is -0.480 e. The predicted molar refractivity (Wildman–Crippen MR) is 61.2 cm³/mol. The van der Waals surface area contributed by atoms with Crippen LogP contribution in [0.4, 0.5) is 10.1 Å². The maximum Gasteiger partial charge on any atom is 0.338 e. The zero-order chi connectivity index (χ0) is 13.3. The highest BCUT2D eigenvalue weighted by Crippen LogP contribution is 2.36. The van der Waals surface area contributed by atoms with E-state index < -0.39 is 28.9 Å². The summed E-state index contributed by atoms with van der Waals surface area (Å²) in [6, 6.07) is 3.85. The van der Waals surface area contributed by atoms with Gasteiger partial charge < -0.3 is 15.5 Å². The molecule has 0 amide bonds. The number of nitrogens with one attached hydrogen (secondary N) is 1. The molecule has 0 unspecified atom stereocenters. The van der Waals surface area contributed by atoms with Crippen molar-refractivity contribution in [1.82, 2.24) is 0 Å². The van der Waals surface area contributed by atoms with Crippen LogP contribution in [0.1, 0.15) is 29.6 Å². The van der Waals surface area contributed by atoms with Crippen LogP contribution in [-0.2, 0) is 4.79 Å². The van der Waals surface area contributed by atoms with Crippen molar-refractivity contribution < 1.29 is 24.2 Å². The molecule has 1 aliphatic rings. The largest absolute Gasteiger partial charge is 0.480 e. The van der Waals surface area contributed by atoms with E-state index in [1.807, 2.05) is 0 Å². The first kappa shape index (κ1) is 12.3. The number of hydrogen-bond donors (Lipinski definition) is 3. The predicted octanol–water partition coefficient (Wildman–Crippen LogP) is 1.94. The van der Waals surface area contributed by atoms with E-state index in [0.29, 0.717) is 12.8 Å². The van der Waals surface area contributed by atoms with Crippen LogP contribution in [-0.4, -0.2) is 27.7 Å². The number of carboxylic acid groups (broad SMARTS) is 2. The summed E-state index contributed by atoms with van der Waals surface area (Å²) in [4.78, 5) is 21.9. The molecule has 1 aromatic carbocycles. The second-order valence-corrected chi connectivity index (χ2v) is 4.34. The average molecular weight is 253 g/mol. The van der Waals surface area contributed by atoms with Crippen molar-refractivity contribution in [3.05, 3.63) is 29.6 Å². The SMILES string of the molecule is O=C(O)c1cccc(NC2(C(=O)O)CCC2)c1F. The Hall–Kier alpha value is -2.11. The Morgan fingerprint density at radius 1 is 1.28 bits per heavy atom. The van der Waals surface area contributed by atoms with E-state index in [-0.39, 0.29) is 5.69 Å². The molecular weight excluding hydrogens is 241 g/mol. The molecule has 3 N–H and O–H groups in total. The lowest BCUT2D eigenvalue weighted by molar-refractivity contribution is -0.145. The van der Waals surface area contributed by atoms with Crippen molar-refractivity contribution in [2.75, 3.05) is 5.32 Å². The minimum atomic E-state index is -1.38. The Kier molecular flexibility index (Phi) is 2.94. The average Bonchev–Trinajstić information content (AvgIpc) is 2.24. The van der Waals surface area contributed by atoms with Gasteiger partial charge >= 0.3 is 11.9 Å². The maximum absolute atomic E-state index is 13.8. The third-order valence-electron chi connectivity index (χ3n) is 3.22. The molecule has 0 spiro atoms. The van der Waals surface area contributed by atoms with Crippen molar-refractivity contribution in [3.8, 4) is 0 Å². The monoisotopic (exact) mass is 253 g/mol. The number of aliphatic carboxylic acids is 1. The van der Waals surface area contributed by atoms with Gasteiger partial charge in [-0.25, -0.2) is 14.0 Å². The fourth-order valence-corrected chi connectivity index (χ4v) is 1.97. The van der Waals surface area contributed by atoms with E-state index in [1.54, 1.807) is 0 Å². The van der Waals surface area contributed by atoms with Gasteiger partial charge in [0.1, 0.15) is 5.54 Å². The van der Waals surface area contributed by atoms with Gasteiger partial charge in [0, 0.05) is 0 Å². The Labute approximate surface area is 102 Å². The molecule has 6 heteroatoms. The summed E-state index contributed by atoms with van der Waals surface area (Å²) in [7, 11) is 0. The van der Waals surface area contributed by atoms with Crippen LogP contribution in [0.3, 0.4) is 0 Å². The van der Waals surface area contributed by atoms with Gasteiger partial charge in [-0.15, -0.1) is 0 Å². The quantitative estimate of drug-likeness (QED) is 0.763. The Balaban J connectivity index is 2.32. The van der Waals surface area contributed by atoms with Crippen molar-refractivity contribution in [1.29, 1.82) is 0 Å². The summed E-state index contributed by atoms with van der Waals surface area (Å²) in [6.45, 7) is 0. The zero-order valence-electron chi connectivity index (χ0n) is 9.44. The standard InChI is InChI=1S/C12H12FNO4/c13-9-7(10(15)16)3-1-4-8(9)14-12(11(17)18)5-2-6-12/h1,3-4,14H,2,5-6H2,(H,15,16)(H,17,18). The van der Waals surface area contributed by atoms with Crippen LogP contribution in [0.5, 0.6) is 0 Å². The molecule has 1 fully saturated rings. The molecule has 0 atom stereocenters. The highest BCUT2D eigenvalue weighted by atomic mass is 19.1. The number of carboxylic acids is 2. The molecule has 96 valence electrons. The number of halogens is 1. The topological polar surface area (TPSA) is 86.6 Å². The van der Waals surface area contributed by atoms with Gasteiger partial charge in [-0.05, 0) is 31.4 Å².